The quantitative estimate of drug-likeness (QED) is 0.656. The Morgan fingerprint density at radius 3 is 2.55 bits per heavy atom. The van der Waals surface area contributed by atoms with Gasteiger partial charge >= 0.3 is 0 Å². The van der Waals surface area contributed by atoms with Gasteiger partial charge in [0.15, 0.2) is 5.16 Å². The van der Waals surface area contributed by atoms with Gasteiger partial charge in [0.05, 0.1) is 5.56 Å². The molecular weight excluding hydrogens is 312 g/mol. The number of rotatable bonds is 2. The van der Waals surface area contributed by atoms with Crippen LogP contribution in [0.25, 0.3) is 0 Å². The van der Waals surface area contributed by atoms with Gasteiger partial charge in [0.25, 0.3) is 5.56 Å². The first-order valence-corrected chi connectivity index (χ1v) is 7.64. The molecule has 5 nitrogen and oxygen atoms in total. The van der Waals surface area contributed by atoms with E-state index in [9.17, 15) is 18.4 Å². The summed E-state index contributed by atoms with van der Waals surface area (Å²) < 4.78 is 26.9. The lowest BCUT2D eigenvalue weighted by atomic mass is 9.87. The van der Waals surface area contributed by atoms with Crippen molar-refractivity contribution in [3.63, 3.8) is 0 Å². The van der Waals surface area contributed by atoms with Crippen molar-refractivity contribution in [2.24, 2.45) is 0 Å². The zero-order valence-electron chi connectivity index (χ0n) is 11.4. The van der Waals surface area contributed by atoms with E-state index in [0.29, 0.717) is 5.16 Å². The van der Waals surface area contributed by atoms with Gasteiger partial charge in [0.1, 0.15) is 17.5 Å². The van der Waals surface area contributed by atoms with Crippen LogP contribution in [0.2, 0.25) is 0 Å². The maximum atomic E-state index is 13.4. The van der Waals surface area contributed by atoms with E-state index in [2.05, 4.69) is 15.3 Å². The molecular formula is C14H11F2N3O2S. The number of hydrogen-bond donors (Lipinski definition) is 2. The molecule has 3 rings (SSSR count). The van der Waals surface area contributed by atoms with Gasteiger partial charge in [-0.15, -0.1) is 0 Å². The van der Waals surface area contributed by atoms with Crippen molar-refractivity contribution < 1.29 is 13.6 Å². The summed E-state index contributed by atoms with van der Waals surface area (Å²) in [7, 11) is 0. The van der Waals surface area contributed by atoms with E-state index in [4.69, 9.17) is 0 Å². The third-order valence-electron chi connectivity index (χ3n) is 3.41. The second kappa shape index (κ2) is 5.53. The number of carbonyl (C=O) groups is 1. The van der Waals surface area contributed by atoms with Crippen LogP contribution in [0, 0.1) is 11.6 Å². The lowest BCUT2D eigenvalue weighted by Gasteiger charge is -2.24. The highest BCUT2D eigenvalue weighted by Gasteiger charge is 2.31. The third-order valence-corrected chi connectivity index (χ3v) is 3.99. The Balaban J connectivity index is 2.19. The summed E-state index contributed by atoms with van der Waals surface area (Å²) in [6.07, 6.45) is 1.66. The van der Waals surface area contributed by atoms with Crippen LogP contribution in [-0.2, 0) is 4.79 Å². The molecule has 2 heterocycles. The number of aromatic amines is 1. The zero-order chi connectivity index (χ0) is 15.9. The summed E-state index contributed by atoms with van der Waals surface area (Å²) >= 11 is 1.22. The molecule has 0 bridgehead atoms. The smallest absolute Gasteiger partial charge is 0.257 e. The van der Waals surface area contributed by atoms with E-state index >= 15 is 0 Å². The second-order valence-corrected chi connectivity index (χ2v) is 5.64. The molecule has 1 aliphatic heterocycles. The van der Waals surface area contributed by atoms with Gasteiger partial charge in [-0.2, -0.15) is 0 Å². The highest BCUT2D eigenvalue weighted by Crippen LogP contribution is 2.34. The number of halogens is 2. The number of nitrogens with zero attached hydrogens (tertiary/aromatic N) is 1. The van der Waals surface area contributed by atoms with Crippen LogP contribution in [0.5, 0.6) is 0 Å². The number of benzene rings is 1. The van der Waals surface area contributed by atoms with E-state index in [-0.39, 0.29) is 29.3 Å². The largest absolute Gasteiger partial charge is 0.310 e. The van der Waals surface area contributed by atoms with Crippen molar-refractivity contribution in [2.45, 2.75) is 17.5 Å². The maximum absolute atomic E-state index is 13.4. The standard InChI is InChI=1S/C14H11F2N3O2S/c1-22-14-18-12-11(13(21)19-14)9(5-10(20)17-12)6-2-7(15)4-8(16)3-6/h2-4,9H,5H2,1H3,(H2,17,18,19,20,21)/t9-/m0/s1. The van der Waals surface area contributed by atoms with Crippen molar-refractivity contribution in [3.05, 3.63) is 51.3 Å². The van der Waals surface area contributed by atoms with Crippen molar-refractivity contribution in [3.8, 4) is 0 Å². The molecule has 0 saturated carbocycles. The summed E-state index contributed by atoms with van der Waals surface area (Å²) in [4.78, 5) is 30.8. The van der Waals surface area contributed by atoms with Crippen LogP contribution in [0.1, 0.15) is 23.5 Å². The predicted octanol–water partition coefficient (Wildman–Crippen LogP) is 2.24. The van der Waals surface area contributed by atoms with Crippen LogP contribution in [0.3, 0.4) is 0 Å². The maximum Gasteiger partial charge on any atom is 0.257 e. The van der Waals surface area contributed by atoms with E-state index in [1.54, 1.807) is 6.26 Å². The van der Waals surface area contributed by atoms with Crippen molar-refractivity contribution in [1.82, 2.24) is 9.97 Å². The number of fused-ring (bicyclic) bond motifs is 1. The minimum Gasteiger partial charge on any atom is -0.310 e. The Morgan fingerprint density at radius 1 is 1.23 bits per heavy atom. The van der Waals surface area contributed by atoms with Gasteiger partial charge in [-0.25, -0.2) is 13.8 Å². The Bertz CT molecular complexity index is 802. The fourth-order valence-corrected chi connectivity index (χ4v) is 2.89. The molecule has 2 aromatic rings. The molecule has 0 spiro atoms. The highest BCUT2D eigenvalue weighted by molar-refractivity contribution is 7.98. The predicted molar refractivity (Wildman–Crippen MR) is 78.1 cm³/mol. The molecule has 22 heavy (non-hydrogen) atoms. The van der Waals surface area contributed by atoms with E-state index in [1.807, 2.05) is 0 Å². The molecule has 1 aromatic carbocycles. The molecule has 0 saturated heterocycles. The first-order valence-electron chi connectivity index (χ1n) is 6.42. The van der Waals surface area contributed by atoms with Gasteiger partial charge in [-0.05, 0) is 24.0 Å². The Labute approximate surface area is 128 Å². The first kappa shape index (κ1) is 14.7. The number of anilines is 1. The fraction of sp³-hybridized carbons (Fsp3) is 0.214. The molecule has 1 atom stereocenters. The van der Waals surface area contributed by atoms with Gasteiger partial charge in [-0.1, -0.05) is 11.8 Å². The number of amides is 1. The molecule has 2 N–H and O–H groups in total. The fourth-order valence-electron chi connectivity index (χ4n) is 2.51. The normalized spacial score (nSPS) is 17.0. The number of thioether (sulfide) groups is 1. The lowest BCUT2D eigenvalue weighted by molar-refractivity contribution is -0.116. The topological polar surface area (TPSA) is 74.8 Å². The van der Waals surface area contributed by atoms with Gasteiger partial charge in [0, 0.05) is 18.4 Å². The van der Waals surface area contributed by atoms with Crippen molar-refractivity contribution in [1.29, 1.82) is 0 Å². The first-order chi connectivity index (χ1) is 10.5. The molecule has 1 aliphatic rings. The molecule has 0 fully saturated rings. The number of H-pyrrole nitrogens is 1. The molecule has 0 aliphatic carbocycles. The number of carbonyl (C=O) groups excluding carboxylic acids is 1. The lowest BCUT2D eigenvalue weighted by Crippen LogP contribution is -2.31. The monoisotopic (exact) mass is 323 g/mol. The van der Waals surface area contributed by atoms with E-state index in [0.717, 1.165) is 18.2 Å². The Morgan fingerprint density at radius 2 is 1.91 bits per heavy atom. The third kappa shape index (κ3) is 2.61. The Hall–Kier alpha value is -2.22. The highest BCUT2D eigenvalue weighted by atomic mass is 32.2. The zero-order valence-corrected chi connectivity index (χ0v) is 12.3. The molecule has 114 valence electrons. The van der Waals surface area contributed by atoms with E-state index < -0.39 is 23.1 Å². The average molecular weight is 323 g/mol. The summed E-state index contributed by atoms with van der Waals surface area (Å²) in [5.74, 6) is -2.47. The van der Waals surface area contributed by atoms with Crippen LogP contribution in [0.15, 0.2) is 28.2 Å². The minimum atomic E-state index is -0.757. The molecule has 1 amide bonds. The summed E-state index contributed by atoms with van der Waals surface area (Å²) in [6.45, 7) is 0. The molecule has 1 aromatic heterocycles. The average Bonchev–Trinajstić information content (AvgIpc) is 2.44. The van der Waals surface area contributed by atoms with Crippen molar-refractivity contribution in [2.75, 3.05) is 11.6 Å². The molecule has 0 unspecified atom stereocenters. The number of aromatic nitrogens is 2. The van der Waals surface area contributed by atoms with Crippen LogP contribution in [-0.4, -0.2) is 22.1 Å². The van der Waals surface area contributed by atoms with Crippen molar-refractivity contribution >= 4 is 23.5 Å². The summed E-state index contributed by atoms with van der Waals surface area (Å²) in [6, 6.07) is 2.99. The number of nitrogens with one attached hydrogen (secondary N) is 2. The van der Waals surface area contributed by atoms with E-state index in [1.165, 1.54) is 11.8 Å². The van der Waals surface area contributed by atoms with Crippen LogP contribution in [0.4, 0.5) is 14.6 Å². The van der Waals surface area contributed by atoms with Gasteiger partial charge < -0.3 is 10.3 Å². The van der Waals surface area contributed by atoms with Gasteiger partial charge in [-0.3, -0.25) is 9.59 Å². The van der Waals surface area contributed by atoms with Crippen LogP contribution < -0.4 is 10.9 Å². The summed E-state index contributed by atoms with van der Waals surface area (Å²) in [5.41, 5.74) is 0.0178. The van der Waals surface area contributed by atoms with Crippen LogP contribution >= 0.6 is 11.8 Å². The second-order valence-electron chi connectivity index (χ2n) is 4.85. The Kier molecular flexibility index (Phi) is 3.69. The summed E-state index contributed by atoms with van der Waals surface area (Å²) in [5, 5.41) is 2.89. The van der Waals surface area contributed by atoms with Gasteiger partial charge in [0.2, 0.25) is 5.91 Å². The molecule has 0 radical (unpaired) electrons. The SMILES string of the molecule is CSc1nc2c(c(=O)[nH]1)[C@H](c1cc(F)cc(F)c1)CC(=O)N2. The number of hydrogen-bond acceptors (Lipinski definition) is 4. The minimum absolute atomic E-state index is 0.0702. The molecule has 8 heteroatoms.